The number of rotatable bonds is 4. The van der Waals surface area contributed by atoms with Crippen LogP contribution in [0.3, 0.4) is 0 Å². The highest BCUT2D eigenvalue weighted by Crippen LogP contribution is 2.13. The van der Waals surface area contributed by atoms with Crippen LogP contribution in [0.5, 0.6) is 0 Å². The van der Waals surface area contributed by atoms with Crippen molar-refractivity contribution in [1.29, 1.82) is 0 Å². The molecule has 0 aliphatic heterocycles. The average Bonchev–Trinajstić information content (AvgIpc) is 2.52. The fourth-order valence-corrected chi connectivity index (χ4v) is 1.20. The lowest BCUT2D eigenvalue weighted by Gasteiger charge is -2.06. The van der Waals surface area contributed by atoms with Gasteiger partial charge in [-0.1, -0.05) is 0 Å². The van der Waals surface area contributed by atoms with E-state index in [0.717, 1.165) is 25.0 Å². The number of nitrogens with zero attached hydrogens (tertiary/aromatic N) is 2. The molecule has 1 aromatic heterocycles. The fraction of sp³-hybridized carbons (Fsp3) is 0.500. The Balaban J connectivity index is 2.40. The molecule has 0 saturated heterocycles. The molecule has 1 unspecified atom stereocenters. The summed E-state index contributed by atoms with van der Waals surface area (Å²) in [6.07, 6.45) is 11.5. The number of nitrogens with two attached hydrogens (primary N) is 1. The largest absolute Gasteiger partial charge is 0.340 e. The topological polar surface area (TPSA) is 43.8 Å². The van der Waals surface area contributed by atoms with Crippen LogP contribution in [0.4, 0.5) is 0 Å². The first-order valence-corrected chi connectivity index (χ1v) is 4.41. The van der Waals surface area contributed by atoms with Gasteiger partial charge in [0.15, 0.2) is 0 Å². The second-order valence-electron chi connectivity index (χ2n) is 3.17. The van der Waals surface area contributed by atoms with Gasteiger partial charge in [-0.2, -0.15) is 0 Å². The van der Waals surface area contributed by atoms with Crippen molar-refractivity contribution >= 4 is 0 Å². The first-order valence-electron chi connectivity index (χ1n) is 4.41. The van der Waals surface area contributed by atoms with Gasteiger partial charge in [0.25, 0.3) is 0 Å². The molecule has 13 heavy (non-hydrogen) atoms. The van der Waals surface area contributed by atoms with Crippen LogP contribution >= 0.6 is 0 Å². The minimum atomic E-state index is 0.0227. The van der Waals surface area contributed by atoms with Crippen LogP contribution < -0.4 is 5.73 Å². The van der Waals surface area contributed by atoms with Crippen molar-refractivity contribution in [3.63, 3.8) is 0 Å². The zero-order valence-corrected chi connectivity index (χ0v) is 7.90. The quantitative estimate of drug-likeness (QED) is 0.555. The number of hydrogen-bond acceptors (Lipinski definition) is 2. The number of hydrogen-bond donors (Lipinski definition) is 1. The highest BCUT2D eigenvalue weighted by molar-refractivity contribution is 5.02. The smallest absolute Gasteiger partial charge is 0.0947 e. The lowest BCUT2D eigenvalue weighted by atomic mass is 10.1. The van der Waals surface area contributed by atoms with Gasteiger partial charge in [-0.25, -0.2) is 4.98 Å². The van der Waals surface area contributed by atoms with E-state index in [4.69, 9.17) is 12.2 Å². The van der Waals surface area contributed by atoms with Crippen LogP contribution in [0, 0.1) is 12.3 Å². The summed E-state index contributed by atoms with van der Waals surface area (Å²) in [5, 5.41) is 0. The van der Waals surface area contributed by atoms with Gasteiger partial charge >= 0.3 is 0 Å². The predicted molar refractivity (Wildman–Crippen MR) is 52.8 cm³/mol. The van der Waals surface area contributed by atoms with Crippen LogP contribution in [0.2, 0.25) is 0 Å². The number of unbranched alkanes of at least 4 members (excludes halogenated alkanes) is 1. The first kappa shape index (κ1) is 9.82. The normalized spacial score (nSPS) is 12.4. The standard InChI is InChI=1S/C10H15N3/c1-3-4-5-6-9(11)10-7-13(2)8-12-10/h1,7-9H,4-6,11H2,2H3. The maximum absolute atomic E-state index is 5.90. The second-order valence-corrected chi connectivity index (χ2v) is 3.17. The summed E-state index contributed by atoms with van der Waals surface area (Å²) < 4.78 is 1.90. The van der Waals surface area contributed by atoms with Crippen LogP contribution in [0.1, 0.15) is 31.0 Å². The molecule has 0 aliphatic carbocycles. The van der Waals surface area contributed by atoms with Crippen LogP contribution in [-0.2, 0) is 7.05 Å². The van der Waals surface area contributed by atoms with E-state index in [1.165, 1.54) is 0 Å². The zero-order valence-electron chi connectivity index (χ0n) is 7.90. The monoisotopic (exact) mass is 177 g/mol. The van der Waals surface area contributed by atoms with Crippen molar-refractivity contribution in [2.24, 2.45) is 12.8 Å². The summed E-state index contributed by atoms with van der Waals surface area (Å²) in [5.41, 5.74) is 6.85. The summed E-state index contributed by atoms with van der Waals surface area (Å²) in [6, 6.07) is 0.0227. The van der Waals surface area contributed by atoms with E-state index in [1.807, 2.05) is 17.8 Å². The molecular formula is C10H15N3. The van der Waals surface area contributed by atoms with Gasteiger partial charge < -0.3 is 10.3 Å². The molecule has 0 spiro atoms. The first-order chi connectivity index (χ1) is 6.24. The Kier molecular flexibility index (Phi) is 3.53. The predicted octanol–water partition coefficient (Wildman–Crippen LogP) is 1.22. The maximum Gasteiger partial charge on any atom is 0.0947 e. The van der Waals surface area contributed by atoms with Crippen molar-refractivity contribution in [3.8, 4) is 12.3 Å². The molecule has 1 rings (SSSR count). The molecule has 70 valence electrons. The minimum Gasteiger partial charge on any atom is -0.340 e. The van der Waals surface area contributed by atoms with Gasteiger partial charge in [0.2, 0.25) is 0 Å². The summed E-state index contributed by atoms with van der Waals surface area (Å²) in [7, 11) is 1.94. The van der Waals surface area contributed by atoms with Crippen LogP contribution in [0.25, 0.3) is 0 Å². The molecule has 3 nitrogen and oxygen atoms in total. The third-order valence-corrected chi connectivity index (χ3v) is 1.94. The lowest BCUT2D eigenvalue weighted by Crippen LogP contribution is -2.10. The van der Waals surface area contributed by atoms with E-state index in [2.05, 4.69) is 10.9 Å². The Labute approximate surface area is 79.0 Å². The molecule has 0 saturated carbocycles. The molecule has 0 amide bonds. The van der Waals surface area contributed by atoms with Crippen LogP contribution in [0.15, 0.2) is 12.5 Å². The lowest BCUT2D eigenvalue weighted by molar-refractivity contribution is 0.608. The molecular weight excluding hydrogens is 162 g/mol. The molecule has 0 bridgehead atoms. The molecule has 0 radical (unpaired) electrons. The minimum absolute atomic E-state index is 0.0227. The second kappa shape index (κ2) is 4.68. The molecule has 1 heterocycles. The SMILES string of the molecule is C#CCCCC(N)c1cn(C)cn1. The van der Waals surface area contributed by atoms with Crippen molar-refractivity contribution in [2.45, 2.75) is 25.3 Å². The van der Waals surface area contributed by atoms with E-state index in [9.17, 15) is 0 Å². The Morgan fingerprint density at radius 2 is 2.54 bits per heavy atom. The van der Waals surface area contributed by atoms with Crippen molar-refractivity contribution in [2.75, 3.05) is 0 Å². The Morgan fingerprint density at radius 1 is 1.77 bits per heavy atom. The Bertz CT molecular complexity index is 295. The maximum atomic E-state index is 5.90. The van der Waals surface area contributed by atoms with Gasteiger partial charge in [0.05, 0.1) is 12.0 Å². The van der Waals surface area contributed by atoms with Crippen molar-refractivity contribution in [3.05, 3.63) is 18.2 Å². The van der Waals surface area contributed by atoms with E-state index < -0.39 is 0 Å². The molecule has 0 aliphatic rings. The summed E-state index contributed by atoms with van der Waals surface area (Å²) in [4.78, 5) is 4.18. The zero-order chi connectivity index (χ0) is 9.68. The third kappa shape index (κ3) is 2.92. The molecule has 1 atom stereocenters. The summed E-state index contributed by atoms with van der Waals surface area (Å²) in [5.74, 6) is 2.60. The highest BCUT2D eigenvalue weighted by Gasteiger charge is 2.07. The molecule has 2 N–H and O–H groups in total. The Morgan fingerprint density at radius 3 is 3.08 bits per heavy atom. The number of terminal acetylenes is 1. The summed E-state index contributed by atoms with van der Waals surface area (Å²) >= 11 is 0. The van der Waals surface area contributed by atoms with Gasteiger partial charge in [-0.15, -0.1) is 12.3 Å². The van der Waals surface area contributed by atoms with Gasteiger partial charge in [0.1, 0.15) is 0 Å². The van der Waals surface area contributed by atoms with Crippen molar-refractivity contribution in [1.82, 2.24) is 9.55 Å². The van der Waals surface area contributed by atoms with Crippen molar-refractivity contribution < 1.29 is 0 Å². The fourth-order valence-electron chi connectivity index (χ4n) is 1.20. The van der Waals surface area contributed by atoms with Gasteiger partial charge in [-0.05, 0) is 12.8 Å². The molecule has 3 heteroatoms. The molecule has 0 fully saturated rings. The third-order valence-electron chi connectivity index (χ3n) is 1.94. The molecule has 1 aromatic rings. The summed E-state index contributed by atoms with van der Waals surface area (Å²) in [6.45, 7) is 0. The van der Waals surface area contributed by atoms with E-state index >= 15 is 0 Å². The molecule has 0 aromatic carbocycles. The van der Waals surface area contributed by atoms with Gasteiger partial charge in [-0.3, -0.25) is 0 Å². The van der Waals surface area contributed by atoms with Gasteiger partial charge in [0, 0.05) is 25.7 Å². The van der Waals surface area contributed by atoms with E-state index in [-0.39, 0.29) is 6.04 Å². The van der Waals surface area contributed by atoms with E-state index in [1.54, 1.807) is 6.33 Å². The number of aryl methyl sites for hydroxylation is 1. The highest BCUT2D eigenvalue weighted by atomic mass is 15.0. The number of imidazole rings is 1. The van der Waals surface area contributed by atoms with Crippen LogP contribution in [-0.4, -0.2) is 9.55 Å². The average molecular weight is 177 g/mol. The number of aromatic nitrogens is 2. The van der Waals surface area contributed by atoms with E-state index in [0.29, 0.717) is 0 Å². The Hall–Kier alpha value is -1.27.